The molecule has 1 aliphatic carbocycles. The average molecular weight is 423 g/mol. The Morgan fingerprint density at radius 1 is 1.10 bits per heavy atom. The topological polar surface area (TPSA) is 111 Å². The number of nitrogens with one attached hydrogen (secondary N) is 2. The number of nitrogens with zero attached hydrogens (tertiary/aromatic N) is 5. The number of amides is 1. The maximum Gasteiger partial charge on any atom is 0.340 e. The molecule has 4 aromatic rings. The predicted molar refractivity (Wildman–Crippen MR) is 104 cm³/mol. The Bertz CT molecular complexity index is 1270. The largest absolute Gasteiger partial charge is 0.340 e. The van der Waals surface area contributed by atoms with E-state index < -0.39 is 17.5 Å². The molecule has 3 heterocycles. The number of carbonyl (C=O) groups excluding carboxylic acids is 1. The first-order valence-corrected chi connectivity index (χ1v) is 9.47. The molecule has 0 radical (unpaired) electrons. The summed E-state index contributed by atoms with van der Waals surface area (Å²) in [5.74, 6) is -2.10. The van der Waals surface area contributed by atoms with E-state index in [9.17, 15) is 13.6 Å². The van der Waals surface area contributed by atoms with Gasteiger partial charge in [0.15, 0.2) is 17.3 Å². The number of hydrazine groups is 1. The Labute approximate surface area is 174 Å². The summed E-state index contributed by atoms with van der Waals surface area (Å²) in [6, 6.07) is 6.95. The third kappa shape index (κ3) is 3.50. The fraction of sp³-hybridized carbons (Fsp3) is 0.150. The van der Waals surface area contributed by atoms with Gasteiger partial charge in [-0.15, -0.1) is 0 Å². The van der Waals surface area contributed by atoms with Gasteiger partial charge in [-0.2, -0.15) is 10.1 Å². The van der Waals surface area contributed by atoms with Gasteiger partial charge in [-0.05, 0) is 43.5 Å². The molecule has 9 nitrogen and oxygen atoms in total. The number of benzene rings is 1. The van der Waals surface area contributed by atoms with Gasteiger partial charge in [0, 0.05) is 35.3 Å². The SMILES string of the molecule is O=C(NNc1nc(-c2ccncc2)no1)c1nn(-c2ccc(F)c(F)c2)c2c1CCC2. The number of fused-ring (bicyclic) bond motifs is 1. The van der Waals surface area contributed by atoms with Crippen LogP contribution in [0, 0.1) is 11.6 Å². The molecule has 156 valence electrons. The second kappa shape index (κ2) is 7.59. The Morgan fingerprint density at radius 3 is 2.74 bits per heavy atom. The van der Waals surface area contributed by atoms with E-state index in [4.69, 9.17) is 4.52 Å². The summed E-state index contributed by atoms with van der Waals surface area (Å²) in [4.78, 5) is 20.8. The number of pyridine rings is 1. The highest BCUT2D eigenvalue weighted by Gasteiger charge is 2.27. The van der Waals surface area contributed by atoms with Gasteiger partial charge in [0.1, 0.15) is 0 Å². The van der Waals surface area contributed by atoms with Crippen LogP contribution in [-0.2, 0) is 12.8 Å². The van der Waals surface area contributed by atoms with Gasteiger partial charge in [0.25, 0.3) is 5.91 Å². The molecule has 0 aliphatic heterocycles. The Balaban J connectivity index is 1.36. The van der Waals surface area contributed by atoms with Crippen molar-refractivity contribution in [2.45, 2.75) is 19.3 Å². The maximum atomic E-state index is 13.7. The smallest absolute Gasteiger partial charge is 0.313 e. The summed E-state index contributed by atoms with van der Waals surface area (Å²) in [6.07, 6.45) is 5.38. The summed E-state index contributed by atoms with van der Waals surface area (Å²) >= 11 is 0. The second-order valence-electron chi connectivity index (χ2n) is 6.88. The van der Waals surface area contributed by atoms with Crippen molar-refractivity contribution in [3.8, 4) is 17.1 Å². The molecule has 0 atom stereocenters. The fourth-order valence-corrected chi connectivity index (χ4v) is 3.51. The highest BCUT2D eigenvalue weighted by molar-refractivity contribution is 5.94. The summed E-state index contributed by atoms with van der Waals surface area (Å²) in [6.45, 7) is 0. The van der Waals surface area contributed by atoms with E-state index >= 15 is 0 Å². The lowest BCUT2D eigenvalue weighted by Crippen LogP contribution is -2.30. The van der Waals surface area contributed by atoms with Crippen molar-refractivity contribution in [1.29, 1.82) is 0 Å². The number of hydrogen-bond acceptors (Lipinski definition) is 7. The van der Waals surface area contributed by atoms with E-state index in [1.807, 2.05) is 0 Å². The number of aromatic nitrogens is 5. The van der Waals surface area contributed by atoms with Crippen molar-refractivity contribution in [2.75, 3.05) is 5.43 Å². The Kier molecular flexibility index (Phi) is 4.62. The van der Waals surface area contributed by atoms with Gasteiger partial charge in [0.2, 0.25) is 5.82 Å². The van der Waals surface area contributed by atoms with Crippen LogP contribution in [0.25, 0.3) is 17.1 Å². The van der Waals surface area contributed by atoms with Crippen LogP contribution in [0.15, 0.2) is 47.2 Å². The van der Waals surface area contributed by atoms with Crippen LogP contribution in [0.5, 0.6) is 0 Å². The normalized spacial score (nSPS) is 12.6. The number of rotatable bonds is 5. The first-order chi connectivity index (χ1) is 15.1. The van der Waals surface area contributed by atoms with E-state index in [0.29, 0.717) is 29.9 Å². The molecular weight excluding hydrogens is 408 g/mol. The van der Waals surface area contributed by atoms with Crippen molar-refractivity contribution < 1.29 is 18.1 Å². The lowest BCUT2D eigenvalue weighted by molar-refractivity contribution is 0.0954. The third-order valence-electron chi connectivity index (χ3n) is 4.94. The quantitative estimate of drug-likeness (QED) is 0.475. The molecular formula is C20H15F2N7O2. The van der Waals surface area contributed by atoms with Crippen LogP contribution >= 0.6 is 0 Å². The molecule has 0 spiro atoms. The number of anilines is 1. The minimum Gasteiger partial charge on any atom is -0.313 e. The monoisotopic (exact) mass is 423 g/mol. The molecule has 0 saturated heterocycles. The first kappa shape index (κ1) is 18.9. The van der Waals surface area contributed by atoms with Crippen LogP contribution < -0.4 is 10.9 Å². The van der Waals surface area contributed by atoms with Crippen molar-refractivity contribution >= 4 is 11.9 Å². The summed E-state index contributed by atoms with van der Waals surface area (Å²) < 4.78 is 33.5. The van der Waals surface area contributed by atoms with E-state index in [2.05, 4.69) is 31.1 Å². The van der Waals surface area contributed by atoms with Crippen molar-refractivity contribution in [2.24, 2.45) is 0 Å². The highest BCUT2D eigenvalue weighted by atomic mass is 19.2. The van der Waals surface area contributed by atoms with Crippen LogP contribution in [0.4, 0.5) is 14.8 Å². The van der Waals surface area contributed by atoms with Crippen LogP contribution in [0.1, 0.15) is 28.2 Å². The highest BCUT2D eigenvalue weighted by Crippen LogP contribution is 2.28. The predicted octanol–water partition coefficient (Wildman–Crippen LogP) is 2.84. The van der Waals surface area contributed by atoms with Crippen molar-refractivity contribution in [1.82, 2.24) is 30.3 Å². The minimum absolute atomic E-state index is 0.00292. The summed E-state index contributed by atoms with van der Waals surface area (Å²) in [5.41, 5.74) is 7.89. The molecule has 0 unspecified atom stereocenters. The van der Waals surface area contributed by atoms with E-state index in [-0.39, 0.29) is 11.7 Å². The molecule has 11 heteroatoms. The molecule has 2 N–H and O–H groups in total. The van der Waals surface area contributed by atoms with Gasteiger partial charge in [-0.25, -0.2) is 18.9 Å². The van der Waals surface area contributed by atoms with Crippen LogP contribution in [0.2, 0.25) is 0 Å². The third-order valence-corrected chi connectivity index (χ3v) is 4.94. The molecule has 1 amide bonds. The number of carbonyl (C=O) groups is 1. The molecule has 1 aliphatic rings. The van der Waals surface area contributed by atoms with Gasteiger partial charge in [-0.1, -0.05) is 5.16 Å². The van der Waals surface area contributed by atoms with Gasteiger partial charge in [-0.3, -0.25) is 15.2 Å². The zero-order valence-corrected chi connectivity index (χ0v) is 16.0. The number of hydrogen-bond donors (Lipinski definition) is 2. The second-order valence-corrected chi connectivity index (χ2v) is 6.88. The lowest BCUT2D eigenvalue weighted by atomic mass is 10.2. The molecule has 5 rings (SSSR count). The Hall–Kier alpha value is -4.15. The first-order valence-electron chi connectivity index (χ1n) is 9.47. The lowest BCUT2D eigenvalue weighted by Gasteiger charge is -2.06. The minimum atomic E-state index is -0.978. The number of halogens is 2. The van der Waals surface area contributed by atoms with Gasteiger partial charge >= 0.3 is 6.01 Å². The zero-order valence-electron chi connectivity index (χ0n) is 16.0. The molecule has 0 bridgehead atoms. The van der Waals surface area contributed by atoms with Crippen LogP contribution in [-0.4, -0.2) is 30.8 Å². The van der Waals surface area contributed by atoms with E-state index in [1.165, 1.54) is 10.7 Å². The fourth-order valence-electron chi connectivity index (χ4n) is 3.51. The zero-order chi connectivity index (χ0) is 21.4. The van der Waals surface area contributed by atoms with E-state index in [0.717, 1.165) is 29.8 Å². The average Bonchev–Trinajstić information content (AvgIpc) is 3.51. The van der Waals surface area contributed by atoms with Crippen molar-refractivity contribution in [3.63, 3.8) is 0 Å². The summed E-state index contributed by atoms with van der Waals surface area (Å²) in [5, 5.41) is 8.18. The Morgan fingerprint density at radius 2 is 1.94 bits per heavy atom. The standard InChI is InChI=1S/C20H15F2N7O2/c21-14-5-4-12(10-15(14)22)29-16-3-1-2-13(16)17(27-29)19(30)25-26-20-24-18(28-31-20)11-6-8-23-9-7-11/h4-10H,1-3H2,(H,25,30)(H,24,26,28). The van der Waals surface area contributed by atoms with Gasteiger partial charge < -0.3 is 4.52 Å². The molecule has 0 saturated carbocycles. The maximum absolute atomic E-state index is 13.7. The molecule has 1 aromatic carbocycles. The van der Waals surface area contributed by atoms with Gasteiger partial charge in [0.05, 0.1) is 5.69 Å². The molecule has 31 heavy (non-hydrogen) atoms. The van der Waals surface area contributed by atoms with Crippen LogP contribution in [0.3, 0.4) is 0 Å². The van der Waals surface area contributed by atoms with Crippen molar-refractivity contribution in [3.05, 3.63) is 71.3 Å². The van der Waals surface area contributed by atoms with E-state index in [1.54, 1.807) is 24.5 Å². The molecule has 0 fully saturated rings. The molecule has 3 aromatic heterocycles. The summed E-state index contributed by atoms with van der Waals surface area (Å²) in [7, 11) is 0.